The third-order valence-electron chi connectivity index (χ3n) is 1.84. The maximum atomic E-state index is 11.0. The lowest BCUT2D eigenvalue weighted by atomic mass is 10.2. The molecule has 0 saturated carbocycles. The molecule has 78 valence electrons. The lowest BCUT2D eigenvalue weighted by Crippen LogP contribution is -2.40. The van der Waals surface area contributed by atoms with E-state index >= 15 is 0 Å². The first-order valence-corrected chi connectivity index (χ1v) is 5.84. The average Bonchev–Trinajstić information content (AvgIpc) is 2.13. The Morgan fingerprint density at radius 3 is 2.62 bits per heavy atom. The number of nitrogens with one attached hydrogen (secondary N) is 1. The van der Waals surface area contributed by atoms with Crippen LogP contribution >= 0.6 is 11.8 Å². The maximum absolute atomic E-state index is 11.0. The minimum atomic E-state index is -0.207. The van der Waals surface area contributed by atoms with E-state index < -0.39 is 0 Å². The zero-order chi connectivity index (χ0) is 10.3. The minimum absolute atomic E-state index is 0.198. The number of esters is 1. The summed E-state index contributed by atoms with van der Waals surface area (Å²) in [6.07, 6.45) is 3.15. The fourth-order valence-corrected chi connectivity index (χ4v) is 1.64. The molecule has 4 heteroatoms. The van der Waals surface area contributed by atoms with Crippen molar-refractivity contribution in [3.8, 4) is 0 Å². The first-order chi connectivity index (χ1) is 6.11. The second-order valence-corrected chi connectivity index (χ2v) is 4.08. The predicted octanol–water partition coefficient (Wildman–Crippen LogP) is 1.28. The van der Waals surface area contributed by atoms with E-state index in [4.69, 9.17) is 0 Å². The highest BCUT2D eigenvalue weighted by Gasteiger charge is 2.14. The summed E-state index contributed by atoms with van der Waals surface area (Å²) in [4.78, 5) is 11.0. The third kappa shape index (κ3) is 5.93. The zero-order valence-electron chi connectivity index (χ0n) is 8.79. The molecule has 0 aromatic carbocycles. The number of hydrogen-bond acceptors (Lipinski definition) is 4. The molecule has 1 N–H and O–H groups in total. The molecule has 0 amide bonds. The van der Waals surface area contributed by atoms with Crippen LogP contribution in [0.25, 0.3) is 0 Å². The van der Waals surface area contributed by atoms with Crippen LogP contribution in [0.1, 0.15) is 20.3 Å². The first-order valence-electron chi connectivity index (χ1n) is 4.44. The van der Waals surface area contributed by atoms with Crippen LogP contribution in [0.3, 0.4) is 0 Å². The smallest absolute Gasteiger partial charge is 0.322 e. The minimum Gasteiger partial charge on any atom is -0.468 e. The second kappa shape index (κ2) is 7.21. The predicted molar refractivity (Wildman–Crippen MR) is 57.1 cm³/mol. The molecule has 0 bridgehead atoms. The molecule has 0 aromatic rings. The molecule has 0 aliphatic carbocycles. The molecule has 13 heavy (non-hydrogen) atoms. The van der Waals surface area contributed by atoms with E-state index in [1.807, 2.05) is 18.7 Å². The molecular formula is C9H19NO2S. The van der Waals surface area contributed by atoms with Gasteiger partial charge in [-0.2, -0.15) is 11.8 Å². The number of thioether (sulfide) groups is 1. The van der Waals surface area contributed by atoms with Gasteiger partial charge in [-0.1, -0.05) is 0 Å². The monoisotopic (exact) mass is 205 g/mol. The van der Waals surface area contributed by atoms with E-state index in [2.05, 4.69) is 23.2 Å². The van der Waals surface area contributed by atoms with Crippen LogP contribution in [0, 0.1) is 0 Å². The van der Waals surface area contributed by atoms with Crippen molar-refractivity contribution in [1.82, 2.24) is 5.32 Å². The van der Waals surface area contributed by atoms with Crippen molar-refractivity contribution in [2.75, 3.05) is 19.1 Å². The molecule has 0 spiro atoms. The zero-order valence-corrected chi connectivity index (χ0v) is 9.61. The van der Waals surface area contributed by atoms with Gasteiger partial charge in [0.1, 0.15) is 6.04 Å². The van der Waals surface area contributed by atoms with Gasteiger partial charge in [0.25, 0.3) is 0 Å². The van der Waals surface area contributed by atoms with Crippen LogP contribution < -0.4 is 5.32 Å². The van der Waals surface area contributed by atoms with Crippen molar-refractivity contribution < 1.29 is 9.53 Å². The van der Waals surface area contributed by atoms with Crippen molar-refractivity contribution in [2.24, 2.45) is 0 Å². The molecule has 0 aliphatic rings. The van der Waals surface area contributed by atoms with E-state index in [0.29, 0.717) is 6.04 Å². The molecule has 0 heterocycles. The second-order valence-electron chi connectivity index (χ2n) is 3.09. The van der Waals surface area contributed by atoms with Gasteiger partial charge in [-0.15, -0.1) is 0 Å². The van der Waals surface area contributed by atoms with E-state index in [9.17, 15) is 4.79 Å². The van der Waals surface area contributed by atoms with Crippen molar-refractivity contribution in [3.63, 3.8) is 0 Å². The van der Waals surface area contributed by atoms with Crippen molar-refractivity contribution in [3.05, 3.63) is 0 Å². The molecule has 2 atom stereocenters. The average molecular weight is 205 g/mol. The summed E-state index contributed by atoms with van der Waals surface area (Å²) in [5.74, 6) is 0.915. The van der Waals surface area contributed by atoms with Crippen molar-refractivity contribution in [2.45, 2.75) is 32.4 Å². The maximum Gasteiger partial charge on any atom is 0.322 e. The Morgan fingerprint density at radius 1 is 1.54 bits per heavy atom. The fraction of sp³-hybridized carbons (Fsp3) is 0.889. The van der Waals surface area contributed by atoms with Gasteiger partial charge < -0.3 is 10.1 Å². The normalized spacial score (nSPS) is 15.1. The van der Waals surface area contributed by atoms with E-state index in [1.165, 1.54) is 7.11 Å². The van der Waals surface area contributed by atoms with Gasteiger partial charge >= 0.3 is 5.97 Å². The van der Waals surface area contributed by atoms with E-state index in [0.717, 1.165) is 12.2 Å². The van der Waals surface area contributed by atoms with Gasteiger partial charge in [0.2, 0.25) is 0 Å². The Morgan fingerprint density at radius 2 is 2.15 bits per heavy atom. The van der Waals surface area contributed by atoms with Crippen LogP contribution in [0.15, 0.2) is 0 Å². The van der Waals surface area contributed by atoms with Crippen molar-refractivity contribution in [1.29, 1.82) is 0 Å². The summed E-state index contributed by atoms with van der Waals surface area (Å²) in [6, 6.07) is 0.156. The molecule has 0 rings (SSSR count). The molecule has 3 nitrogen and oxygen atoms in total. The Labute approximate surface area is 84.6 Å². The van der Waals surface area contributed by atoms with Crippen LogP contribution in [-0.4, -0.2) is 37.2 Å². The third-order valence-corrected chi connectivity index (χ3v) is 2.49. The Balaban J connectivity index is 3.64. The Hall–Kier alpha value is -0.220. The van der Waals surface area contributed by atoms with Crippen LogP contribution in [0.2, 0.25) is 0 Å². The van der Waals surface area contributed by atoms with Crippen LogP contribution in [0.5, 0.6) is 0 Å². The molecule has 0 saturated heterocycles. The summed E-state index contributed by atoms with van der Waals surface area (Å²) in [5, 5.41) is 3.18. The highest BCUT2D eigenvalue weighted by atomic mass is 32.2. The number of carbonyl (C=O) groups is 1. The lowest BCUT2D eigenvalue weighted by Gasteiger charge is -2.17. The van der Waals surface area contributed by atoms with Gasteiger partial charge in [-0.05, 0) is 32.3 Å². The number of ether oxygens (including phenoxy) is 1. The van der Waals surface area contributed by atoms with Gasteiger partial charge in [0.15, 0.2) is 0 Å². The first kappa shape index (κ1) is 12.8. The summed E-state index contributed by atoms with van der Waals surface area (Å²) >= 11 is 1.82. The lowest BCUT2D eigenvalue weighted by molar-refractivity contribution is -0.142. The largest absolute Gasteiger partial charge is 0.468 e. The summed E-state index contributed by atoms with van der Waals surface area (Å²) in [7, 11) is 1.41. The van der Waals surface area contributed by atoms with Gasteiger partial charge in [0.05, 0.1) is 7.11 Å². The molecule has 0 fully saturated rings. The van der Waals surface area contributed by atoms with E-state index in [1.54, 1.807) is 0 Å². The van der Waals surface area contributed by atoms with Crippen LogP contribution in [0.4, 0.5) is 0 Å². The van der Waals surface area contributed by atoms with E-state index in [-0.39, 0.29) is 12.0 Å². The molecular weight excluding hydrogens is 186 g/mol. The summed E-state index contributed by atoms with van der Waals surface area (Å²) in [6.45, 7) is 3.90. The quantitative estimate of drug-likeness (QED) is 0.663. The molecule has 0 aromatic heterocycles. The van der Waals surface area contributed by atoms with Gasteiger partial charge in [0, 0.05) is 6.04 Å². The Kier molecular flexibility index (Phi) is 7.09. The summed E-state index contributed by atoms with van der Waals surface area (Å²) in [5.41, 5.74) is 0. The number of hydrogen-bond donors (Lipinski definition) is 1. The standard InChI is InChI=1S/C9H19NO2S/c1-7(5-6-13-4)10-8(2)9(11)12-3/h7-8,10H,5-6H2,1-4H3. The highest BCUT2D eigenvalue weighted by molar-refractivity contribution is 7.98. The molecule has 0 radical (unpaired) electrons. The Bertz CT molecular complexity index is 153. The van der Waals surface area contributed by atoms with Gasteiger partial charge in [-0.25, -0.2) is 0 Å². The topological polar surface area (TPSA) is 38.3 Å². The molecule has 0 aliphatic heterocycles. The fourth-order valence-electron chi connectivity index (χ4n) is 1.05. The van der Waals surface area contributed by atoms with Crippen molar-refractivity contribution >= 4 is 17.7 Å². The summed E-state index contributed by atoms with van der Waals surface area (Å²) < 4.78 is 4.61. The number of rotatable bonds is 6. The number of methoxy groups -OCH3 is 1. The van der Waals surface area contributed by atoms with Gasteiger partial charge in [-0.3, -0.25) is 4.79 Å². The van der Waals surface area contributed by atoms with Crippen LogP contribution in [-0.2, 0) is 9.53 Å². The number of carbonyl (C=O) groups excluding carboxylic acids is 1. The molecule has 2 unspecified atom stereocenters. The highest BCUT2D eigenvalue weighted by Crippen LogP contribution is 2.01. The SMILES string of the molecule is COC(=O)C(C)NC(C)CCSC.